The lowest BCUT2D eigenvalue weighted by Gasteiger charge is -2.15. The molecule has 0 amide bonds. The van der Waals surface area contributed by atoms with Crippen LogP contribution in [0.2, 0.25) is 0 Å². The number of ether oxygens (including phenoxy) is 1. The third-order valence-corrected chi connectivity index (χ3v) is 2.97. The molecule has 2 aromatic carbocycles. The van der Waals surface area contributed by atoms with Gasteiger partial charge in [0.15, 0.2) is 0 Å². The molecule has 0 atom stereocenters. The predicted molar refractivity (Wildman–Crippen MR) is 78.4 cm³/mol. The molecule has 0 heterocycles. The quantitative estimate of drug-likeness (QED) is 0.839. The van der Waals surface area contributed by atoms with Crippen LogP contribution in [0.3, 0.4) is 0 Å². The Morgan fingerprint density at radius 2 is 1.71 bits per heavy atom. The average Bonchev–Trinajstić information content (AvgIpc) is 2.46. The molecule has 2 aromatic rings. The van der Waals surface area contributed by atoms with Crippen molar-refractivity contribution in [1.82, 2.24) is 5.32 Å². The van der Waals surface area contributed by atoms with Gasteiger partial charge in [0.1, 0.15) is 24.2 Å². The fourth-order valence-electron chi connectivity index (χ4n) is 2.05. The summed E-state index contributed by atoms with van der Waals surface area (Å²) >= 11 is 0. The molecule has 0 fully saturated rings. The first-order valence-electron chi connectivity index (χ1n) is 6.05. The van der Waals surface area contributed by atoms with Gasteiger partial charge in [0.25, 0.3) is 0 Å². The van der Waals surface area contributed by atoms with Crippen LogP contribution in [-0.2, 0) is 6.54 Å². The number of rotatable bonds is 5. The first-order valence-corrected chi connectivity index (χ1v) is 6.05. The Balaban J connectivity index is 0.00000220. The van der Waals surface area contributed by atoms with Crippen molar-refractivity contribution in [3.8, 4) is 16.9 Å². The Labute approximate surface area is 127 Å². The Morgan fingerprint density at radius 3 is 2.29 bits per heavy atom. The highest BCUT2D eigenvalue weighted by atomic mass is 35.5. The van der Waals surface area contributed by atoms with Gasteiger partial charge in [-0.05, 0) is 29.8 Å². The smallest absolute Gasteiger partial charge is 0.140 e. The fraction of sp³-hybridized carbons (Fsp3) is 0.200. The molecule has 0 saturated heterocycles. The molecule has 21 heavy (non-hydrogen) atoms. The van der Waals surface area contributed by atoms with Crippen LogP contribution >= 0.6 is 12.4 Å². The topological polar surface area (TPSA) is 21.3 Å². The molecule has 0 saturated carbocycles. The molecule has 0 aliphatic carbocycles. The summed E-state index contributed by atoms with van der Waals surface area (Å²) in [7, 11) is 1.46. The zero-order valence-electron chi connectivity index (χ0n) is 11.3. The van der Waals surface area contributed by atoms with Crippen molar-refractivity contribution in [2.24, 2.45) is 0 Å². The van der Waals surface area contributed by atoms with Crippen LogP contribution in [0.4, 0.5) is 13.2 Å². The summed E-state index contributed by atoms with van der Waals surface area (Å²) in [5.74, 6) is -0.396. The third kappa shape index (κ3) is 3.89. The van der Waals surface area contributed by atoms with E-state index in [1.807, 2.05) is 0 Å². The number of nitrogens with one attached hydrogen (secondary N) is 1. The van der Waals surface area contributed by atoms with Gasteiger partial charge in [-0.1, -0.05) is 12.1 Å². The molecule has 2 rings (SSSR count). The van der Waals surface area contributed by atoms with E-state index in [1.165, 1.54) is 43.5 Å². The molecule has 114 valence electrons. The van der Waals surface area contributed by atoms with Crippen LogP contribution in [0.25, 0.3) is 11.1 Å². The lowest BCUT2D eigenvalue weighted by atomic mass is 9.98. The molecule has 0 aromatic heterocycles. The number of alkyl halides is 1. The first-order chi connectivity index (χ1) is 9.67. The van der Waals surface area contributed by atoms with Gasteiger partial charge in [-0.25, -0.2) is 13.2 Å². The predicted octanol–water partition coefficient (Wildman–Crippen LogP) is 4.08. The molecule has 0 aliphatic rings. The van der Waals surface area contributed by atoms with Gasteiger partial charge in [0.2, 0.25) is 0 Å². The summed E-state index contributed by atoms with van der Waals surface area (Å²) in [5.41, 5.74) is 1.39. The van der Waals surface area contributed by atoms with E-state index >= 15 is 0 Å². The van der Waals surface area contributed by atoms with Crippen molar-refractivity contribution in [3.63, 3.8) is 0 Å². The van der Waals surface area contributed by atoms with E-state index in [1.54, 1.807) is 0 Å². The molecule has 0 bridgehead atoms. The summed E-state index contributed by atoms with van der Waals surface area (Å²) in [4.78, 5) is 0. The molecule has 1 N–H and O–H groups in total. The minimum absolute atomic E-state index is 0. The third-order valence-electron chi connectivity index (χ3n) is 2.97. The van der Waals surface area contributed by atoms with E-state index < -0.39 is 12.6 Å². The normalized spacial score (nSPS) is 10.1. The van der Waals surface area contributed by atoms with Gasteiger partial charge in [-0.15, -0.1) is 12.4 Å². The molecule has 0 aliphatic heterocycles. The van der Waals surface area contributed by atoms with E-state index in [2.05, 4.69) is 5.32 Å². The monoisotopic (exact) mass is 317 g/mol. The summed E-state index contributed by atoms with van der Waals surface area (Å²) in [5, 5.41) is 2.44. The minimum atomic E-state index is -0.764. The van der Waals surface area contributed by atoms with Crippen LogP contribution in [0.5, 0.6) is 5.75 Å². The van der Waals surface area contributed by atoms with Gasteiger partial charge in [0.05, 0.1) is 7.11 Å². The molecular weight excluding hydrogens is 303 g/mol. The molecule has 0 unspecified atom stereocenters. The van der Waals surface area contributed by atoms with Gasteiger partial charge >= 0.3 is 0 Å². The number of halogens is 4. The van der Waals surface area contributed by atoms with Crippen LogP contribution in [-0.4, -0.2) is 13.9 Å². The second-order valence-electron chi connectivity index (χ2n) is 4.17. The standard InChI is InChI=1S/C15H14F3NO.ClH/c1-20-14-7-6-13(18)12(8-19-9-16)15(14)10-2-4-11(17)5-3-10;/h2-7,19H,8-9H2,1H3;1H. The number of hydrogen-bond donors (Lipinski definition) is 1. The van der Waals surface area contributed by atoms with Crippen molar-refractivity contribution < 1.29 is 17.9 Å². The van der Waals surface area contributed by atoms with Crippen molar-refractivity contribution in [2.45, 2.75) is 6.54 Å². The highest BCUT2D eigenvalue weighted by Crippen LogP contribution is 2.35. The molecule has 0 spiro atoms. The summed E-state index contributed by atoms with van der Waals surface area (Å²) in [6, 6.07) is 8.39. The zero-order valence-corrected chi connectivity index (χ0v) is 12.1. The van der Waals surface area contributed by atoms with Gasteiger partial charge in [-0.3, -0.25) is 5.32 Å². The van der Waals surface area contributed by atoms with Gasteiger partial charge in [0, 0.05) is 17.7 Å². The van der Waals surface area contributed by atoms with Crippen molar-refractivity contribution in [1.29, 1.82) is 0 Å². The maximum Gasteiger partial charge on any atom is 0.140 e. The van der Waals surface area contributed by atoms with E-state index in [9.17, 15) is 13.2 Å². The van der Waals surface area contributed by atoms with E-state index in [-0.39, 0.29) is 30.3 Å². The van der Waals surface area contributed by atoms with Crippen molar-refractivity contribution in [2.75, 3.05) is 13.9 Å². The maximum atomic E-state index is 14.0. The van der Waals surface area contributed by atoms with Gasteiger partial charge < -0.3 is 4.74 Å². The zero-order chi connectivity index (χ0) is 14.5. The Kier molecular flexibility index (Phi) is 6.52. The van der Waals surface area contributed by atoms with Crippen LogP contribution < -0.4 is 10.1 Å². The van der Waals surface area contributed by atoms with E-state index in [0.29, 0.717) is 16.9 Å². The van der Waals surface area contributed by atoms with Crippen LogP contribution in [0.15, 0.2) is 36.4 Å². The first kappa shape index (κ1) is 17.3. The Morgan fingerprint density at radius 1 is 1.05 bits per heavy atom. The number of benzene rings is 2. The molecule has 2 nitrogen and oxygen atoms in total. The van der Waals surface area contributed by atoms with Gasteiger partial charge in [-0.2, -0.15) is 0 Å². The second-order valence-corrected chi connectivity index (χ2v) is 4.17. The minimum Gasteiger partial charge on any atom is -0.496 e. The van der Waals surface area contributed by atoms with E-state index in [0.717, 1.165) is 0 Å². The molecule has 0 radical (unpaired) electrons. The summed E-state index contributed by atoms with van der Waals surface area (Å²) in [6.07, 6.45) is 0. The Hall–Kier alpha value is -1.72. The van der Waals surface area contributed by atoms with Crippen LogP contribution in [0.1, 0.15) is 5.56 Å². The van der Waals surface area contributed by atoms with Crippen molar-refractivity contribution in [3.05, 3.63) is 53.6 Å². The highest BCUT2D eigenvalue weighted by Gasteiger charge is 2.16. The van der Waals surface area contributed by atoms with Crippen molar-refractivity contribution >= 4 is 12.4 Å². The number of hydrogen-bond acceptors (Lipinski definition) is 2. The summed E-state index contributed by atoms with van der Waals surface area (Å²) in [6.45, 7) is -0.744. The highest BCUT2D eigenvalue weighted by molar-refractivity contribution is 5.85. The summed E-state index contributed by atoms with van der Waals surface area (Å²) < 4.78 is 44.5. The number of methoxy groups -OCH3 is 1. The van der Waals surface area contributed by atoms with E-state index in [4.69, 9.17) is 4.74 Å². The average molecular weight is 318 g/mol. The fourth-order valence-corrected chi connectivity index (χ4v) is 2.05. The maximum absolute atomic E-state index is 14.0. The second kappa shape index (κ2) is 7.90. The largest absolute Gasteiger partial charge is 0.496 e. The molecule has 6 heteroatoms. The Bertz CT molecular complexity index is 590. The van der Waals surface area contributed by atoms with Crippen LogP contribution in [0, 0.1) is 11.6 Å². The molecular formula is C15H15ClF3NO. The SMILES string of the molecule is COc1ccc(F)c(CNCF)c1-c1ccc(F)cc1.Cl. The lowest BCUT2D eigenvalue weighted by molar-refractivity contribution is 0.409. The lowest BCUT2D eigenvalue weighted by Crippen LogP contribution is -2.13.